The number of benzene rings is 2. The van der Waals surface area contributed by atoms with Gasteiger partial charge >= 0.3 is 16.1 Å². The number of hydrogen-bond acceptors (Lipinski definition) is 5. The highest BCUT2D eigenvalue weighted by Gasteiger charge is 2.19. The molecule has 158 valence electrons. The molecule has 0 saturated heterocycles. The fourth-order valence-electron chi connectivity index (χ4n) is 2.67. The van der Waals surface area contributed by atoms with Gasteiger partial charge in [-0.25, -0.2) is 4.79 Å². The average molecular weight is 421 g/mol. The molecule has 1 N–H and O–H groups in total. The summed E-state index contributed by atoms with van der Waals surface area (Å²) in [6, 6.07) is 13.7. The van der Waals surface area contributed by atoms with E-state index in [-0.39, 0.29) is 17.8 Å². The molecule has 0 aromatic heterocycles. The number of amides is 2. The van der Waals surface area contributed by atoms with E-state index in [1.54, 1.807) is 41.3 Å². The molecular weight excluding hydrogens is 392 g/mol. The van der Waals surface area contributed by atoms with Crippen molar-refractivity contribution in [3.05, 3.63) is 54.1 Å². The normalized spacial score (nSPS) is 12.1. The lowest BCUT2D eigenvalue weighted by Crippen LogP contribution is -2.40. The summed E-state index contributed by atoms with van der Waals surface area (Å²) in [5, 5.41) is 2.92. The Morgan fingerprint density at radius 2 is 1.62 bits per heavy atom. The van der Waals surface area contributed by atoms with Crippen molar-refractivity contribution < 1.29 is 22.1 Å². The first kappa shape index (κ1) is 22.5. The molecule has 29 heavy (non-hydrogen) atoms. The number of hydrogen-bond donors (Lipinski definition) is 1. The molecule has 0 spiro atoms. The van der Waals surface area contributed by atoms with Crippen molar-refractivity contribution in [1.29, 1.82) is 0 Å². The lowest BCUT2D eigenvalue weighted by Gasteiger charge is -2.29. The van der Waals surface area contributed by atoms with Gasteiger partial charge in [-0.05, 0) is 62.2 Å². The Morgan fingerprint density at radius 1 is 1.03 bits per heavy atom. The summed E-state index contributed by atoms with van der Waals surface area (Å²) in [5.74, 6) is 0.992. The van der Waals surface area contributed by atoms with Crippen LogP contribution in [0, 0.1) is 0 Å². The number of carbonyl (C=O) groups is 1. The maximum absolute atomic E-state index is 12.9. The van der Waals surface area contributed by atoms with E-state index in [1.165, 1.54) is 0 Å². The van der Waals surface area contributed by atoms with Crippen LogP contribution in [0.4, 0.5) is 10.5 Å². The SMILES string of the molecule is CCOc1ccc(NC(=O)N(Cc2ccc(OS(C)(=O)=O)cc2)[C@H](C)CC)cc1. The summed E-state index contributed by atoms with van der Waals surface area (Å²) < 4.78 is 32.7. The van der Waals surface area contributed by atoms with Crippen LogP contribution >= 0.6 is 0 Å². The van der Waals surface area contributed by atoms with Crippen LogP contribution in [-0.2, 0) is 16.7 Å². The van der Waals surface area contributed by atoms with Crippen LogP contribution in [0.25, 0.3) is 0 Å². The molecule has 0 unspecified atom stereocenters. The third-order valence-corrected chi connectivity index (χ3v) is 4.82. The van der Waals surface area contributed by atoms with E-state index in [0.717, 1.165) is 24.0 Å². The lowest BCUT2D eigenvalue weighted by molar-refractivity contribution is 0.187. The molecule has 0 aliphatic rings. The van der Waals surface area contributed by atoms with Crippen LogP contribution in [0.5, 0.6) is 11.5 Å². The van der Waals surface area contributed by atoms with Crippen molar-refractivity contribution >= 4 is 21.8 Å². The summed E-state index contributed by atoms with van der Waals surface area (Å²) >= 11 is 0. The van der Waals surface area contributed by atoms with Crippen LogP contribution in [0.2, 0.25) is 0 Å². The van der Waals surface area contributed by atoms with Crippen LogP contribution in [0.15, 0.2) is 48.5 Å². The van der Waals surface area contributed by atoms with Crippen molar-refractivity contribution in [2.24, 2.45) is 0 Å². The number of nitrogens with one attached hydrogen (secondary N) is 1. The van der Waals surface area contributed by atoms with Crippen molar-refractivity contribution in [1.82, 2.24) is 4.90 Å². The summed E-state index contributed by atoms with van der Waals surface area (Å²) in [6.45, 7) is 6.89. The van der Waals surface area contributed by atoms with E-state index < -0.39 is 10.1 Å². The molecule has 8 heteroatoms. The fraction of sp³-hybridized carbons (Fsp3) is 0.381. The quantitative estimate of drug-likeness (QED) is 0.613. The molecule has 2 aromatic carbocycles. The van der Waals surface area contributed by atoms with E-state index in [9.17, 15) is 13.2 Å². The summed E-state index contributed by atoms with van der Waals surface area (Å²) in [4.78, 5) is 14.6. The molecule has 0 heterocycles. The second-order valence-corrected chi connectivity index (χ2v) is 8.28. The summed E-state index contributed by atoms with van der Waals surface area (Å²) in [7, 11) is -3.57. The molecule has 0 fully saturated rings. The Morgan fingerprint density at radius 3 is 2.14 bits per heavy atom. The van der Waals surface area contributed by atoms with Gasteiger partial charge in [-0.15, -0.1) is 0 Å². The minimum atomic E-state index is -3.57. The highest BCUT2D eigenvalue weighted by molar-refractivity contribution is 7.86. The Labute approximate surface area is 172 Å². The van der Waals surface area contributed by atoms with Gasteiger partial charge in [0.15, 0.2) is 0 Å². The second-order valence-electron chi connectivity index (χ2n) is 6.70. The van der Waals surface area contributed by atoms with Gasteiger partial charge in [-0.2, -0.15) is 8.42 Å². The predicted molar refractivity (Wildman–Crippen MR) is 114 cm³/mol. The molecule has 0 bridgehead atoms. The van der Waals surface area contributed by atoms with E-state index in [0.29, 0.717) is 18.8 Å². The van der Waals surface area contributed by atoms with Gasteiger partial charge in [-0.1, -0.05) is 19.1 Å². The molecule has 2 amide bonds. The van der Waals surface area contributed by atoms with Crippen LogP contribution in [0.3, 0.4) is 0 Å². The number of urea groups is 1. The molecule has 0 saturated carbocycles. The Hall–Kier alpha value is -2.74. The van der Waals surface area contributed by atoms with Crippen molar-refractivity contribution in [2.45, 2.75) is 39.8 Å². The van der Waals surface area contributed by atoms with Crippen LogP contribution < -0.4 is 14.2 Å². The van der Waals surface area contributed by atoms with Crippen molar-refractivity contribution in [3.8, 4) is 11.5 Å². The van der Waals surface area contributed by atoms with Gasteiger partial charge in [-0.3, -0.25) is 0 Å². The average Bonchev–Trinajstić information content (AvgIpc) is 2.67. The van der Waals surface area contributed by atoms with E-state index >= 15 is 0 Å². The van der Waals surface area contributed by atoms with Gasteiger partial charge < -0.3 is 19.1 Å². The van der Waals surface area contributed by atoms with Crippen LogP contribution in [0.1, 0.15) is 32.8 Å². The molecule has 1 atom stereocenters. The number of ether oxygens (including phenoxy) is 1. The van der Waals surface area contributed by atoms with E-state index in [1.807, 2.05) is 32.9 Å². The zero-order chi connectivity index (χ0) is 21.4. The van der Waals surface area contributed by atoms with Crippen molar-refractivity contribution in [2.75, 3.05) is 18.2 Å². The molecule has 2 aromatic rings. The molecule has 7 nitrogen and oxygen atoms in total. The molecular formula is C21H28N2O5S. The van der Waals surface area contributed by atoms with Gasteiger partial charge in [0.2, 0.25) is 0 Å². The number of anilines is 1. The van der Waals surface area contributed by atoms with Gasteiger partial charge in [0.05, 0.1) is 12.9 Å². The standard InChI is InChI=1S/C21H28N2O5S/c1-5-16(3)23(15-17-7-11-20(12-8-17)28-29(4,25)26)21(24)22-18-9-13-19(14-10-18)27-6-2/h7-14,16H,5-6,15H2,1-4H3,(H,22,24)/t16-/m1/s1. The van der Waals surface area contributed by atoms with Gasteiger partial charge in [0.1, 0.15) is 11.5 Å². The van der Waals surface area contributed by atoms with E-state index in [4.69, 9.17) is 8.92 Å². The minimum absolute atomic E-state index is 0.0182. The monoisotopic (exact) mass is 420 g/mol. The van der Waals surface area contributed by atoms with Crippen LogP contribution in [-0.4, -0.2) is 38.3 Å². The minimum Gasteiger partial charge on any atom is -0.494 e. The molecule has 2 rings (SSSR count). The maximum atomic E-state index is 12.9. The highest BCUT2D eigenvalue weighted by atomic mass is 32.2. The van der Waals surface area contributed by atoms with Gasteiger partial charge in [0, 0.05) is 18.3 Å². The topological polar surface area (TPSA) is 84.9 Å². The molecule has 0 aliphatic heterocycles. The largest absolute Gasteiger partial charge is 0.494 e. The summed E-state index contributed by atoms with van der Waals surface area (Å²) in [5.41, 5.74) is 1.55. The summed E-state index contributed by atoms with van der Waals surface area (Å²) in [6.07, 6.45) is 1.79. The molecule has 0 radical (unpaired) electrons. The first-order chi connectivity index (χ1) is 13.7. The number of nitrogens with zero attached hydrogens (tertiary/aromatic N) is 1. The van der Waals surface area contributed by atoms with Crippen molar-refractivity contribution in [3.63, 3.8) is 0 Å². The Kier molecular flexibility index (Phi) is 7.90. The Bertz CT molecular complexity index is 896. The zero-order valence-corrected chi connectivity index (χ0v) is 18.0. The first-order valence-electron chi connectivity index (χ1n) is 9.50. The number of rotatable bonds is 9. The number of carbonyl (C=O) groups excluding carboxylic acids is 1. The Balaban J connectivity index is 2.09. The highest BCUT2D eigenvalue weighted by Crippen LogP contribution is 2.19. The smallest absolute Gasteiger partial charge is 0.322 e. The maximum Gasteiger partial charge on any atom is 0.322 e. The third kappa shape index (κ3) is 7.30. The fourth-order valence-corrected chi connectivity index (χ4v) is 3.13. The zero-order valence-electron chi connectivity index (χ0n) is 17.2. The van der Waals surface area contributed by atoms with E-state index in [2.05, 4.69) is 5.32 Å². The molecule has 0 aliphatic carbocycles. The first-order valence-corrected chi connectivity index (χ1v) is 11.3. The predicted octanol–water partition coefficient (Wildman–Crippen LogP) is 4.26. The third-order valence-electron chi connectivity index (χ3n) is 4.32. The second kappa shape index (κ2) is 10.2. The lowest BCUT2D eigenvalue weighted by atomic mass is 10.1. The van der Waals surface area contributed by atoms with Gasteiger partial charge in [0.25, 0.3) is 0 Å².